The number of carbonyl (C=O) groups is 1. The van der Waals surface area contributed by atoms with Crippen molar-refractivity contribution in [1.82, 2.24) is 20.0 Å². The molecule has 2 aliphatic rings. The average molecular weight is 402 g/mol. The summed E-state index contributed by atoms with van der Waals surface area (Å²) < 4.78 is 0. The first kappa shape index (κ1) is 20.7. The topological polar surface area (TPSA) is 51.2 Å². The van der Waals surface area contributed by atoms with E-state index in [-0.39, 0.29) is 11.3 Å². The van der Waals surface area contributed by atoms with Gasteiger partial charge in [-0.3, -0.25) is 9.69 Å². The van der Waals surface area contributed by atoms with Gasteiger partial charge in [-0.2, -0.15) is 0 Å². The van der Waals surface area contributed by atoms with Crippen molar-refractivity contribution >= 4 is 23.6 Å². The molecule has 0 saturated carbocycles. The SMILES string of the molecule is CCN(CC)C(=O)C1=CNC(N2CCN(Cc3ccccc3)CC2)=NC1SC. The molecule has 1 aromatic carbocycles. The average Bonchev–Trinajstić information content (AvgIpc) is 2.75. The lowest BCUT2D eigenvalue weighted by Crippen LogP contribution is -2.52. The van der Waals surface area contributed by atoms with Crippen molar-refractivity contribution in [3.05, 3.63) is 47.7 Å². The van der Waals surface area contributed by atoms with E-state index in [1.54, 1.807) is 11.8 Å². The molecule has 1 N–H and O–H groups in total. The zero-order valence-corrected chi connectivity index (χ0v) is 17.9. The van der Waals surface area contributed by atoms with Gasteiger partial charge in [-0.25, -0.2) is 4.99 Å². The second-order valence-electron chi connectivity index (χ2n) is 7.01. The summed E-state index contributed by atoms with van der Waals surface area (Å²) in [4.78, 5) is 24.2. The number of nitrogens with zero attached hydrogens (tertiary/aromatic N) is 4. The fourth-order valence-electron chi connectivity index (χ4n) is 3.60. The maximum absolute atomic E-state index is 12.7. The fourth-order valence-corrected chi connectivity index (χ4v) is 4.23. The Balaban J connectivity index is 1.58. The van der Waals surface area contributed by atoms with Crippen molar-refractivity contribution in [1.29, 1.82) is 0 Å². The monoisotopic (exact) mass is 401 g/mol. The first-order valence-corrected chi connectivity index (χ1v) is 11.3. The summed E-state index contributed by atoms with van der Waals surface area (Å²) in [5.41, 5.74) is 2.09. The lowest BCUT2D eigenvalue weighted by atomic mass is 10.2. The predicted octanol–water partition coefficient (Wildman–Crippen LogP) is 2.20. The van der Waals surface area contributed by atoms with Gasteiger partial charge in [-0.05, 0) is 25.7 Å². The number of nitrogens with one attached hydrogen (secondary N) is 1. The zero-order chi connectivity index (χ0) is 19.9. The number of thioether (sulfide) groups is 1. The van der Waals surface area contributed by atoms with E-state index < -0.39 is 0 Å². The predicted molar refractivity (Wildman–Crippen MR) is 117 cm³/mol. The van der Waals surface area contributed by atoms with Crippen molar-refractivity contribution in [3.63, 3.8) is 0 Å². The molecule has 1 amide bonds. The highest BCUT2D eigenvalue weighted by atomic mass is 32.2. The van der Waals surface area contributed by atoms with Crippen molar-refractivity contribution in [2.75, 3.05) is 45.5 Å². The molecule has 1 unspecified atom stereocenters. The van der Waals surface area contributed by atoms with Gasteiger partial charge in [0.05, 0.1) is 5.57 Å². The minimum atomic E-state index is -0.147. The molecule has 6 nitrogen and oxygen atoms in total. The Kier molecular flexibility index (Phi) is 7.39. The highest BCUT2D eigenvalue weighted by Crippen LogP contribution is 2.23. The molecule has 28 heavy (non-hydrogen) atoms. The Morgan fingerprint density at radius 1 is 1.18 bits per heavy atom. The van der Waals surface area contributed by atoms with Crippen LogP contribution in [0.25, 0.3) is 0 Å². The number of aliphatic imine (C=N–C) groups is 1. The summed E-state index contributed by atoms with van der Waals surface area (Å²) >= 11 is 1.61. The number of piperazine rings is 1. The van der Waals surface area contributed by atoms with Crippen LogP contribution >= 0.6 is 11.8 Å². The van der Waals surface area contributed by atoms with Gasteiger partial charge in [-0.15, -0.1) is 11.8 Å². The van der Waals surface area contributed by atoms with Crippen LogP contribution in [0.1, 0.15) is 19.4 Å². The van der Waals surface area contributed by atoms with Crippen LogP contribution in [0, 0.1) is 0 Å². The standard InChI is InChI=1S/C21H31N5OS/c1-4-25(5-2)20(27)18-15-22-21(23-19(18)28-3)26-13-11-24(12-14-26)16-17-9-7-6-8-10-17/h6-10,15,19H,4-5,11-14,16H2,1-3H3,(H,22,23). The molecule has 152 valence electrons. The van der Waals surface area contributed by atoms with Crippen LogP contribution < -0.4 is 5.32 Å². The van der Waals surface area contributed by atoms with Gasteiger partial charge in [0.25, 0.3) is 5.91 Å². The second-order valence-corrected chi connectivity index (χ2v) is 7.93. The van der Waals surface area contributed by atoms with Crippen LogP contribution in [-0.2, 0) is 11.3 Å². The third-order valence-electron chi connectivity index (χ3n) is 5.30. The first-order valence-electron chi connectivity index (χ1n) is 10.0. The van der Waals surface area contributed by atoms with Crippen LogP contribution in [0.2, 0.25) is 0 Å². The van der Waals surface area contributed by atoms with Crippen molar-refractivity contribution in [3.8, 4) is 0 Å². The quantitative estimate of drug-likeness (QED) is 0.792. The van der Waals surface area contributed by atoms with Crippen LogP contribution in [0.4, 0.5) is 0 Å². The van der Waals surface area contributed by atoms with Gasteiger partial charge in [0.2, 0.25) is 0 Å². The van der Waals surface area contributed by atoms with E-state index in [9.17, 15) is 4.79 Å². The van der Waals surface area contributed by atoms with Gasteiger partial charge >= 0.3 is 0 Å². The van der Waals surface area contributed by atoms with Gasteiger partial charge in [0, 0.05) is 52.0 Å². The van der Waals surface area contributed by atoms with Crippen LogP contribution in [-0.4, -0.2) is 77.5 Å². The van der Waals surface area contributed by atoms with E-state index >= 15 is 0 Å². The summed E-state index contributed by atoms with van der Waals surface area (Å²) in [6.07, 6.45) is 3.87. The molecular formula is C21H31N5OS. The fraction of sp³-hybridized carbons (Fsp3) is 0.524. The molecule has 1 aromatic rings. The summed E-state index contributed by atoms with van der Waals surface area (Å²) in [7, 11) is 0. The third kappa shape index (κ3) is 4.89. The van der Waals surface area contributed by atoms with Crippen LogP contribution in [0.3, 0.4) is 0 Å². The number of carbonyl (C=O) groups excluding carboxylic acids is 1. The number of benzene rings is 1. The summed E-state index contributed by atoms with van der Waals surface area (Å²) in [5.74, 6) is 0.960. The van der Waals surface area contributed by atoms with E-state index in [1.807, 2.05) is 31.2 Å². The Labute approximate surface area is 172 Å². The smallest absolute Gasteiger partial charge is 0.254 e. The molecule has 0 bridgehead atoms. The van der Waals surface area contributed by atoms with Crippen molar-refractivity contribution in [2.24, 2.45) is 4.99 Å². The lowest BCUT2D eigenvalue weighted by molar-refractivity contribution is -0.126. The number of amides is 1. The molecule has 0 spiro atoms. The number of guanidine groups is 1. The maximum atomic E-state index is 12.7. The highest BCUT2D eigenvalue weighted by Gasteiger charge is 2.29. The van der Waals surface area contributed by atoms with E-state index in [1.165, 1.54) is 5.56 Å². The third-order valence-corrected chi connectivity index (χ3v) is 6.11. The first-order chi connectivity index (χ1) is 13.7. The van der Waals surface area contributed by atoms with Gasteiger partial charge in [-0.1, -0.05) is 30.3 Å². The molecule has 1 fully saturated rings. The van der Waals surface area contributed by atoms with Crippen LogP contribution in [0.15, 0.2) is 47.1 Å². The number of rotatable bonds is 6. The number of likely N-dealkylation sites (N-methyl/N-ethyl adjacent to an activating group) is 1. The van der Waals surface area contributed by atoms with E-state index in [0.717, 1.165) is 44.3 Å². The molecule has 0 aromatic heterocycles. The van der Waals surface area contributed by atoms with Gasteiger partial charge < -0.3 is 15.1 Å². The summed E-state index contributed by atoms with van der Waals surface area (Å²) in [6.45, 7) is 10.3. The lowest BCUT2D eigenvalue weighted by Gasteiger charge is -2.38. The zero-order valence-electron chi connectivity index (χ0n) is 17.1. The largest absolute Gasteiger partial charge is 0.340 e. The Hall–Kier alpha value is -1.99. The Bertz CT molecular complexity index is 709. The molecule has 3 rings (SSSR count). The highest BCUT2D eigenvalue weighted by molar-refractivity contribution is 7.99. The van der Waals surface area contributed by atoms with Gasteiger partial charge in [0.15, 0.2) is 5.96 Å². The Morgan fingerprint density at radius 3 is 2.46 bits per heavy atom. The van der Waals surface area contributed by atoms with Crippen molar-refractivity contribution < 1.29 is 4.79 Å². The van der Waals surface area contributed by atoms with Gasteiger partial charge in [0.1, 0.15) is 5.37 Å². The molecule has 1 atom stereocenters. The minimum Gasteiger partial charge on any atom is -0.340 e. The van der Waals surface area contributed by atoms with Crippen LogP contribution in [0.5, 0.6) is 0 Å². The molecule has 0 radical (unpaired) electrons. The molecule has 7 heteroatoms. The second kappa shape index (κ2) is 9.98. The summed E-state index contributed by atoms with van der Waals surface area (Å²) in [5, 5.41) is 3.14. The Morgan fingerprint density at radius 2 is 1.86 bits per heavy atom. The molecule has 0 aliphatic carbocycles. The van der Waals surface area contributed by atoms with Crippen molar-refractivity contribution in [2.45, 2.75) is 25.8 Å². The maximum Gasteiger partial charge on any atom is 0.254 e. The molecular weight excluding hydrogens is 370 g/mol. The van der Waals surface area contributed by atoms with E-state index in [4.69, 9.17) is 4.99 Å². The van der Waals surface area contributed by atoms with E-state index in [2.05, 4.69) is 45.4 Å². The number of hydrogen-bond acceptors (Lipinski definition) is 6. The summed E-state index contributed by atoms with van der Waals surface area (Å²) in [6, 6.07) is 10.6. The normalized spacial score (nSPS) is 20.2. The van der Waals surface area contributed by atoms with E-state index in [0.29, 0.717) is 13.1 Å². The molecule has 2 aliphatic heterocycles. The molecule has 2 heterocycles. The number of hydrogen-bond donors (Lipinski definition) is 1. The minimum absolute atomic E-state index is 0.0762. The molecule has 1 saturated heterocycles.